The largest absolute Gasteiger partial charge is 0.491 e. The molecule has 0 amide bonds. The fourth-order valence-corrected chi connectivity index (χ4v) is 2.11. The number of halogens is 1. The van der Waals surface area contributed by atoms with Gasteiger partial charge in [-0.3, -0.25) is 4.90 Å². The van der Waals surface area contributed by atoms with E-state index in [-0.39, 0.29) is 6.10 Å². The van der Waals surface area contributed by atoms with Gasteiger partial charge in [-0.15, -0.1) is 0 Å². The summed E-state index contributed by atoms with van der Waals surface area (Å²) < 4.78 is 22.1. The Kier molecular flexibility index (Phi) is 7.26. The van der Waals surface area contributed by atoms with Gasteiger partial charge in [-0.2, -0.15) is 0 Å². The van der Waals surface area contributed by atoms with Gasteiger partial charge >= 0.3 is 0 Å². The van der Waals surface area contributed by atoms with Crippen LogP contribution in [0, 0.1) is 0 Å². The number of benzene rings is 1. The first-order valence-electron chi connectivity index (χ1n) is 7.07. The third kappa shape index (κ3) is 6.20. The van der Waals surface area contributed by atoms with Crippen LogP contribution in [0.1, 0.15) is 6.42 Å². The molecule has 2 rings (SSSR count). The van der Waals surface area contributed by atoms with Crippen LogP contribution in [0.4, 0.5) is 0 Å². The molecule has 21 heavy (non-hydrogen) atoms. The number of ether oxygens (including phenoxy) is 4. The Morgan fingerprint density at radius 2 is 2.10 bits per heavy atom. The fourth-order valence-electron chi connectivity index (χ4n) is 1.99. The summed E-state index contributed by atoms with van der Waals surface area (Å²) in [7, 11) is 1.71. The van der Waals surface area contributed by atoms with E-state index in [9.17, 15) is 0 Å². The van der Waals surface area contributed by atoms with E-state index in [4.69, 9.17) is 30.5 Å². The average Bonchev–Trinajstić information content (AvgIpc) is 2.72. The Morgan fingerprint density at radius 1 is 1.29 bits per heavy atom. The number of hydrogen-bond acceptors (Lipinski definition) is 5. The van der Waals surface area contributed by atoms with Crippen molar-refractivity contribution in [2.45, 2.75) is 12.5 Å². The Balaban J connectivity index is 1.69. The van der Waals surface area contributed by atoms with Gasteiger partial charge in [-0.05, 0) is 30.7 Å². The molecule has 1 aromatic rings. The third-order valence-electron chi connectivity index (χ3n) is 3.14. The quantitative estimate of drug-likeness (QED) is 0.723. The van der Waals surface area contributed by atoms with Crippen molar-refractivity contribution in [1.29, 1.82) is 0 Å². The molecule has 0 aromatic heterocycles. The lowest BCUT2D eigenvalue weighted by Crippen LogP contribution is -2.30. The summed E-state index contributed by atoms with van der Waals surface area (Å²) in [6, 6.07) is 7.30. The molecule has 0 aliphatic carbocycles. The van der Waals surface area contributed by atoms with Crippen molar-refractivity contribution in [3.8, 4) is 5.75 Å². The van der Waals surface area contributed by atoms with E-state index in [0.717, 1.165) is 25.3 Å². The standard InChI is InChI=1S/C15H22ClNO4/c1-18-8-2-7-17-11-19-9-15(21-12-17)10-20-14-5-3-13(16)4-6-14/h3-6,15H,2,7-12H2,1H3/t15-/m0/s1. The Hall–Kier alpha value is -0.850. The van der Waals surface area contributed by atoms with Gasteiger partial charge in [0, 0.05) is 25.3 Å². The van der Waals surface area contributed by atoms with Crippen molar-refractivity contribution in [3.63, 3.8) is 0 Å². The minimum absolute atomic E-state index is 0.0619. The minimum Gasteiger partial charge on any atom is -0.491 e. The maximum absolute atomic E-state index is 5.84. The molecule has 0 unspecified atom stereocenters. The predicted octanol–water partition coefficient (Wildman–Crippen LogP) is 2.39. The van der Waals surface area contributed by atoms with Gasteiger partial charge in [0.15, 0.2) is 0 Å². The molecule has 1 heterocycles. The van der Waals surface area contributed by atoms with Crippen LogP contribution in [0.5, 0.6) is 5.75 Å². The molecule has 1 saturated heterocycles. The van der Waals surface area contributed by atoms with Crippen LogP contribution >= 0.6 is 11.6 Å². The molecule has 118 valence electrons. The Labute approximate surface area is 130 Å². The summed E-state index contributed by atoms with van der Waals surface area (Å²) in [5.41, 5.74) is 0. The zero-order valence-electron chi connectivity index (χ0n) is 12.3. The molecule has 1 aromatic carbocycles. The number of nitrogens with zero attached hydrogens (tertiary/aromatic N) is 1. The van der Waals surface area contributed by atoms with Crippen LogP contribution < -0.4 is 4.74 Å². The monoisotopic (exact) mass is 315 g/mol. The van der Waals surface area contributed by atoms with Crippen molar-refractivity contribution in [2.24, 2.45) is 0 Å². The molecule has 1 aliphatic heterocycles. The van der Waals surface area contributed by atoms with E-state index in [1.165, 1.54) is 0 Å². The molecule has 0 spiro atoms. The van der Waals surface area contributed by atoms with Crippen LogP contribution in [-0.4, -0.2) is 57.9 Å². The summed E-state index contributed by atoms with van der Waals surface area (Å²) in [5, 5.41) is 0.697. The third-order valence-corrected chi connectivity index (χ3v) is 3.39. The second-order valence-corrected chi connectivity index (χ2v) is 5.36. The number of rotatable bonds is 7. The zero-order chi connectivity index (χ0) is 14.9. The first-order chi connectivity index (χ1) is 10.3. The van der Waals surface area contributed by atoms with Gasteiger partial charge in [0.05, 0.1) is 6.61 Å². The van der Waals surface area contributed by atoms with Gasteiger partial charge < -0.3 is 18.9 Å². The topological polar surface area (TPSA) is 40.2 Å². The lowest BCUT2D eigenvalue weighted by atomic mass is 10.3. The first kappa shape index (κ1) is 16.5. The van der Waals surface area contributed by atoms with E-state index < -0.39 is 0 Å². The highest BCUT2D eigenvalue weighted by atomic mass is 35.5. The van der Waals surface area contributed by atoms with Crippen molar-refractivity contribution >= 4 is 11.6 Å². The Morgan fingerprint density at radius 3 is 2.86 bits per heavy atom. The molecule has 0 radical (unpaired) electrons. The van der Waals surface area contributed by atoms with Crippen LogP contribution in [-0.2, 0) is 14.2 Å². The van der Waals surface area contributed by atoms with Crippen LogP contribution in [0.15, 0.2) is 24.3 Å². The van der Waals surface area contributed by atoms with E-state index in [2.05, 4.69) is 4.90 Å². The van der Waals surface area contributed by atoms with Gasteiger partial charge in [0.25, 0.3) is 0 Å². The highest BCUT2D eigenvalue weighted by molar-refractivity contribution is 6.30. The second kappa shape index (κ2) is 9.23. The minimum atomic E-state index is -0.0619. The predicted molar refractivity (Wildman–Crippen MR) is 80.7 cm³/mol. The summed E-state index contributed by atoms with van der Waals surface area (Å²) in [4.78, 5) is 2.11. The molecule has 1 aliphatic rings. The molecule has 0 saturated carbocycles. The van der Waals surface area contributed by atoms with Crippen LogP contribution in [0.3, 0.4) is 0 Å². The molecule has 1 fully saturated rings. The van der Waals surface area contributed by atoms with Crippen molar-refractivity contribution < 1.29 is 18.9 Å². The zero-order valence-corrected chi connectivity index (χ0v) is 13.1. The SMILES string of the molecule is COCCCN1COC[C@@H](COc2ccc(Cl)cc2)OC1. The lowest BCUT2D eigenvalue weighted by Gasteiger charge is -2.19. The molecular weight excluding hydrogens is 294 g/mol. The van der Waals surface area contributed by atoms with Gasteiger partial charge in [0.1, 0.15) is 31.9 Å². The lowest BCUT2D eigenvalue weighted by molar-refractivity contribution is -0.0205. The molecule has 0 bridgehead atoms. The van der Waals surface area contributed by atoms with E-state index >= 15 is 0 Å². The summed E-state index contributed by atoms with van der Waals surface area (Å²) >= 11 is 5.84. The average molecular weight is 316 g/mol. The molecule has 1 atom stereocenters. The maximum Gasteiger partial charge on any atom is 0.119 e. The molecule has 0 N–H and O–H groups in total. The second-order valence-electron chi connectivity index (χ2n) is 4.92. The van der Waals surface area contributed by atoms with Gasteiger partial charge in [0.2, 0.25) is 0 Å². The molecular formula is C15H22ClNO4. The summed E-state index contributed by atoms with van der Waals surface area (Å²) in [6.45, 7) is 3.79. The molecule has 6 heteroatoms. The van der Waals surface area contributed by atoms with E-state index in [1.54, 1.807) is 19.2 Å². The van der Waals surface area contributed by atoms with Crippen molar-refractivity contribution in [3.05, 3.63) is 29.3 Å². The normalized spacial score (nSPS) is 20.2. The van der Waals surface area contributed by atoms with Crippen molar-refractivity contribution in [1.82, 2.24) is 4.90 Å². The first-order valence-corrected chi connectivity index (χ1v) is 7.44. The van der Waals surface area contributed by atoms with Crippen molar-refractivity contribution in [2.75, 3.05) is 46.9 Å². The summed E-state index contributed by atoms with van der Waals surface area (Å²) in [5.74, 6) is 0.782. The van der Waals surface area contributed by atoms with Gasteiger partial charge in [-0.25, -0.2) is 0 Å². The van der Waals surface area contributed by atoms with E-state index in [0.29, 0.717) is 31.7 Å². The molecule has 5 nitrogen and oxygen atoms in total. The van der Waals surface area contributed by atoms with Crippen LogP contribution in [0.25, 0.3) is 0 Å². The van der Waals surface area contributed by atoms with E-state index in [1.807, 2.05) is 12.1 Å². The highest BCUT2D eigenvalue weighted by Crippen LogP contribution is 2.16. The van der Waals surface area contributed by atoms with Gasteiger partial charge in [-0.1, -0.05) is 11.6 Å². The number of methoxy groups -OCH3 is 1. The number of hydrogen-bond donors (Lipinski definition) is 0. The Bertz CT molecular complexity index is 401. The van der Waals surface area contributed by atoms with Crippen LogP contribution in [0.2, 0.25) is 5.02 Å². The highest BCUT2D eigenvalue weighted by Gasteiger charge is 2.18. The smallest absolute Gasteiger partial charge is 0.119 e. The fraction of sp³-hybridized carbons (Fsp3) is 0.600. The summed E-state index contributed by atoms with van der Waals surface area (Å²) in [6.07, 6.45) is 0.905. The maximum atomic E-state index is 5.84.